The maximum absolute atomic E-state index is 14.1. The minimum Gasteiger partial charge on any atom is -0.350 e. The Hall–Kier alpha value is -2.36. The second-order valence-corrected chi connectivity index (χ2v) is 11.9. The summed E-state index contributed by atoms with van der Waals surface area (Å²) in [6.45, 7) is 0.547. The molecule has 1 N–H and O–H groups in total. The normalized spacial score (nSPS) is 20.8. The Morgan fingerprint density at radius 3 is 2.26 bits per heavy atom. The molecule has 2 aromatic rings. The van der Waals surface area contributed by atoms with Crippen molar-refractivity contribution in [3.63, 3.8) is 0 Å². The Labute approximate surface area is 221 Å². The number of nitrogens with one attached hydrogen (secondary N) is 1. The van der Waals surface area contributed by atoms with Crippen LogP contribution in [0.25, 0.3) is 0 Å². The molecule has 38 heavy (non-hydrogen) atoms. The lowest BCUT2D eigenvalue weighted by Gasteiger charge is -2.50. The van der Waals surface area contributed by atoms with Crippen molar-refractivity contribution in [2.24, 2.45) is 7.05 Å². The molecule has 210 valence electrons. The van der Waals surface area contributed by atoms with E-state index in [4.69, 9.17) is 11.6 Å². The van der Waals surface area contributed by atoms with Gasteiger partial charge in [-0.1, -0.05) is 16.8 Å². The fourth-order valence-electron chi connectivity index (χ4n) is 4.88. The first-order chi connectivity index (χ1) is 17.6. The van der Waals surface area contributed by atoms with Crippen molar-refractivity contribution in [1.82, 2.24) is 29.5 Å². The van der Waals surface area contributed by atoms with Crippen LogP contribution in [-0.2, 0) is 23.2 Å². The highest BCUT2D eigenvalue weighted by Gasteiger charge is 2.48. The fourth-order valence-corrected chi connectivity index (χ4v) is 6.48. The second kappa shape index (κ2) is 10.3. The molecule has 2 heterocycles. The maximum atomic E-state index is 14.1. The summed E-state index contributed by atoms with van der Waals surface area (Å²) in [5.74, 6) is -3.59. The molecule has 0 radical (unpaired) electrons. The molecule has 0 bridgehead atoms. The third-order valence-corrected chi connectivity index (χ3v) is 9.20. The van der Waals surface area contributed by atoms with E-state index in [2.05, 4.69) is 15.6 Å². The number of benzene rings is 1. The lowest BCUT2D eigenvalue weighted by atomic mass is 9.78. The highest BCUT2D eigenvalue weighted by molar-refractivity contribution is 7.89. The monoisotopic (exact) mass is 584 g/mol. The topological polar surface area (TPSA) is 100 Å². The number of sulfonamides is 1. The summed E-state index contributed by atoms with van der Waals surface area (Å²) < 4.78 is 95.2. The molecule has 1 aromatic carbocycles. The summed E-state index contributed by atoms with van der Waals surface area (Å²) in [6, 6.07) is 2.37. The first-order valence-electron chi connectivity index (χ1n) is 11.8. The number of alkyl halides is 5. The molecule has 2 aliphatic rings. The van der Waals surface area contributed by atoms with E-state index in [0.717, 1.165) is 12.1 Å². The predicted molar refractivity (Wildman–Crippen MR) is 126 cm³/mol. The van der Waals surface area contributed by atoms with Gasteiger partial charge in [0, 0.05) is 58.2 Å². The average molecular weight is 585 g/mol. The minimum absolute atomic E-state index is 0.0396. The van der Waals surface area contributed by atoms with E-state index in [0.29, 0.717) is 6.07 Å². The minimum atomic E-state index is -4.63. The van der Waals surface area contributed by atoms with E-state index in [-0.39, 0.29) is 61.2 Å². The Morgan fingerprint density at radius 2 is 1.74 bits per heavy atom. The zero-order valence-electron chi connectivity index (χ0n) is 20.3. The number of rotatable bonds is 6. The smallest absolute Gasteiger partial charge is 0.350 e. The van der Waals surface area contributed by atoms with Gasteiger partial charge in [-0.25, -0.2) is 17.2 Å². The van der Waals surface area contributed by atoms with Gasteiger partial charge >= 0.3 is 6.18 Å². The number of carbonyl (C=O) groups is 1. The summed E-state index contributed by atoms with van der Waals surface area (Å²) in [6.07, 6.45) is -4.09. The Balaban J connectivity index is 1.48. The SMILES string of the molecule is Cn1cc(S(=O)(=O)N2CCN(C3(CNC(=O)c4ccc(C(F)(F)F)cc4Cl)CCC(F)(F)CC3)CC2)nn1. The number of nitrogens with zero attached hydrogens (tertiary/aromatic N) is 5. The van der Waals surface area contributed by atoms with Gasteiger partial charge in [0.1, 0.15) is 0 Å². The molecular formula is C22H26ClF5N6O3S. The summed E-state index contributed by atoms with van der Waals surface area (Å²) in [5.41, 5.74) is -2.06. The number of hydrogen-bond donors (Lipinski definition) is 1. The van der Waals surface area contributed by atoms with Crippen LogP contribution in [0.3, 0.4) is 0 Å². The first-order valence-corrected chi connectivity index (χ1v) is 13.6. The van der Waals surface area contributed by atoms with E-state index < -0.39 is 52.0 Å². The number of aryl methyl sites for hydroxylation is 1. The van der Waals surface area contributed by atoms with Crippen LogP contribution in [0.2, 0.25) is 5.02 Å². The van der Waals surface area contributed by atoms with E-state index in [9.17, 15) is 35.2 Å². The molecule has 0 unspecified atom stereocenters. The van der Waals surface area contributed by atoms with Crippen LogP contribution < -0.4 is 5.32 Å². The summed E-state index contributed by atoms with van der Waals surface area (Å²) in [5, 5.41) is 9.40. The van der Waals surface area contributed by atoms with Crippen LogP contribution in [0, 0.1) is 0 Å². The molecule has 4 rings (SSSR count). The van der Waals surface area contributed by atoms with Crippen molar-refractivity contribution in [2.75, 3.05) is 32.7 Å². The molecule has 1 aliphatic carbocycles. The van der Waals surface area contributed by atoms with Crippen molar-refractivity contribution in [1.29, 1.82) is 0 Å². The van der Waals surface area contributed by atoms with Crippen molar-refractivity contribution in [3.8, 4) is 0 Å². The van der Waals surface area contributed by atoms with Gasteiger partial charge < -0.3 is 5.32 Å². The molecule has 1 saturated carbocycles. The lowest BCUT2D eigenvalue weighted by molar-refractivity contribution is -0.137. The molecule has 0 spiro atoms. The Bertz CT molecular complexity index is 1280. The highest BCUT2D eigenvalue weighted by atomic mass is 35.5. The highest BCUT2D eigenvalue weighted by Crippen LogP contribution is 2.42. The molecular weight excluding hydrogens is 559 g/mol. The zero-order chi connectivity index (χ0) is 27.9. The van der Waals surface area contributed by atoms with Crippen LogP contribution in [0.1, 0.15) is 41.6 Å². The number of aromatic nitrogens is 3. The molecule has 16 heteroatoms. The number of piperazine rings is 1. The van der Waals surface area contributed by atoms with Crippen LogP contribution in [0.4, 0.5) is 22.0 Å². The molecule has 1 aliphatic heterocycles. The van der Waals surface area contributed by atoms with Gasteiger partial charge in [0.25, 0.3) is 15.9 Å². The van der Waals surface area contributed by atoms with Crippen molar-refractivity contribution >= 4 is 27.5 Å². The van der Waals surface area contributed by atoms with Crippen LogP contribution in [0.5, 0.6) is 0 Å². The predicted octanol–water partition coefficient (Wildman–Crippen LogP) is 3.17. The second-order valence-electron chi connectivity index (χ2n) is 9.58. The molecule has 1 amide bonds. The number of carbonyl (C=O) groups excluding carboxylic acids is 1. The van der Waals surface area contributed by atoms with Crippen molar-refractivity contribution < 1.29 is 35.2 Å². The fraction of sp³-hybridized carbons (Fsp3) is 0.591. The summed E-state index contributed by atoms with van der Waals surface area (Å²) in [4.78, 5) is 14.7. The molecule has 9 nitrogen and oxygen atoms in total. The maximum Gasteiger partial charge on any atom is 0.416 e. The van der Waals surface area contributed by atoms with Gasteiger partial charge in [-0.05, 0) is 31.0 Å². The van der Waals surface area contributed by atoms with Crippen LogP contribution in [0.15, 0.2) is 29.4 Å². The molecule has 1 aromatic heterocycles. The summed E-state index contributed by atoms with van der Waals surface area (Å²) in [7, 11) is -2.35. The first kappa shape index (κ1) is 28.6. The van der Waals surface area contributed by atoms with Gasteiger partial charge in [0.2, 0.25) is 10.9 Å². The molecule has 1 saturated heterocycles. The van der Waals surface area contributed by atoms with E-state index in [1.54, 1.807) is 7.05 Å². The lowest BCUT2D eigenvalue weighted by Crippen LogP contribution is -2.63. The number of amides is 1. The van der Waals surface area contributed by atoms with Crippen LogP contribution in [-0.4, -0.2) is 82.7 Å². The number of halogens is 6. The number of hydrogen-bond acceptors (Lipinski definition) is 6. The van der Waals surface area contributed by atoms with E-state index in [1.807, 2.05) is 4.90 Å². The van der Waals surface area contributed by atoms with Gasteiger partial charge in [0.15, 0.2) is 0 Å². The zero-order valence-corrected chi connectivity index (χ0v) is 21.9. The Kier molecular flexibility index (Phi) is 7.78. The van der Waals surface area contributed by atoms with Gasteiger partial charge in [-0.3, -0.25) is 14.4 Å². The van der Waals surface area contributed by atoms with Gasteiger partial charge in [0.05, 0.1) is 22.3 Å². The third kappa shape index (κ3) is 5.95. The van der Waals surface area contributed by atoms with Crippen molar-refractivity contribution in [3.05, 3.63) is 40.5 Å². The van der Waals surface area contributed by atoms with Gasteiger partial charge in [-0.15, -0.1) is 5.10 Å². The standard InChI is InChI=1S/C22H26ClF5N6O3S/c1-32-13-18(30-31-32)38(36,37)34-10-8-33(9-11-34)20(4-6-21(24,25)7-5-20)14-29-19(35)16-3-2-15(12-17(16)23)22(26,27)28/h2-3,12-13H,4-11,14H2,1H3,(H,29,35). The van der Waals surface area contributed by atoms with E-state index in [1.165, 1.54) is 15.2 Å². The van der Waals surface area contributed by atoms with Gasteiger partial charge in [-0.2, -0.15) is 17.5 Å². The molecule has 0 atom stereocenters. The molecule has 2 fully saturated rings. The van der Waals surface area contributed by atoms with Crippen LogP contribution >= 0.6 is 11.6 Å². The van der Waals surface area contributed by atoms with Crippen molar-refractivity contribution in [2.45, 2.75) is 48.3 Å². The van der Waals surface area contributed by atoms with E-state index >= 15 is 0 Å². The Morgan fingerprint density at radius 1 is 1.11 bits per heavy atom. The average Bonchev–Trinajstić information content (AvgIpc) is 3.30. The quantitative estimate of drug-likeness (QED) is 0.524. The largest absolute Gasteiger partial charge is 0.416 e. The summed E-state index contributed by atoms with van der Waals surface area (Å²) >= 11 is 5.94. The third-order valence-electron chi connectivity index (χ3n) is 7.13.